The van der Waals surface area contributed by atoms with Gasteiger partial charge in [0.05, 0.1) is 15.3 Å². The van der Waals surface area contributed by atoms with E-state index in [9.17, 15) is 14.9 Å². The van der Waals surface area contributed by atoms with Crippen LogP contribution < -0.4 is 5.56 Å². The van der Waals surface area contributed by atoms with Crippen LogP contribution in [0.1, 0.15) is 60.0 Å². The molecule has 29 heavy (non-hydrogen) atoms. The fourth-order valence-electron chi connectivity index (χ4n) is 3.79. The summed E-state index contributed by atoms with van der Waals surface area (Å²) in [5.74, 6) is 0.313. The summed E-state index contributed by atoms with van der Waals surface area (Å²) >= 11 is 7.99. The van der Waals surface area contributed by atoms with Crippen LogP contribution in [0, 0.1) is 10.1 Å². The molecule has 1 N–H and O–H groups in total. The first-order chi connectivity index (χ1) is 13.8. The molecule has 3 aromatic rings. The van der Waals surface area contributed by atoms with Gasteiger partial charge in [-0.05, 0) is 48.8 Å². The lowest BCUT2D eigenvalue weighted by Gasteiger charge is -2.09. The summed E-state index contributed by atoms with van der Waals surface area (Å²) in [7, 11) is 0. The first-order valence-electron chi connectivity index (χ1n) is 9.55. The molecule has 0 unspecified atom stereocenters. The Kier molecular flexibility index (Phi) is 5.27. The van der Waals surface area contributed by atoms with Crippen molar-refractivity contribution in [3.63, 3.8) is 0 Å². The zero-order valence-corrected chi connectivity index (χ0v) is 17.7. The topological polar surface area (TPSA) is 88.9 Å². The second-order valence-electron chi connectivity index (χ2n) is 7.53. The number of fused-ring (bicyclic) bond motifs is 3. The van der Waals surface area contributed by atoms with Gasteiger partial charge in [0.25, 0.3) is 11.2 Å². The third-order valence-corrected chi connectivity index (χ3v) is 6.69. The molecular formula is C21H20ClN3O3S. The van der Waals surface area contributed by atoms with Crippen molar-refractivity contribution in [3.05, 3.63) is 66.1 Å². The van der Waals surface area contributed by atoms with Crippen LogP contribution in [0.15, 0.2) is 23.0 Å². The molecule has 4 rings (SSSR count). The standard InChI is InChI=1S/C21H20ClN3O3S/c1-11(2)13-8-7-12(10-16(13)25(27)28)9-15(22)19-23-20(26)18-14-5-3-4-6-17(14)29-21(18)24-19/h7-11H,3-6H2,1-2H3,(H,23,24,26)/b15-9-. The molecule has 0 fully saturated rings. The van der Waals surface area contributed by atoms with Gasteiger partial charge in [0, 0.05) is 16.5 Å². The second kappa shape index (κ2) is 7.72. The number of thiophene rings is 1. The smallest absolute Gasteiger partial charge is 0.273 e. The van der Waals surface area contributed by atoms with E-state index in [1.807, 2.05) is 13.8 Å². The third-order valence-electron chi connectivity index (χ3n) is 5.22. The number of nitrogens with zero attached hydrogens (tertiary/aromatic N) is 2. The summed E-state index contributed by atoms with van der Waals surface area (Å²) in [4.78, 5) is 33.0. The van der Waals surface area contributed by atoms with Crippen LogP contribution in [0.5, 0.6) is 0 Å². The number of nitrogens with one attached hydrogen (secondary N) is 1. The third kappa shape index (κ3) is 3.72. The second-order valence-corrected chi connectivity index (χ2v) is 9.02. The number of nitro groups is 1. The molecule has 1 aliphatic rings. The van der Waals surface area contributed by atoms with Gasteiger partial charge in [0.2, 0.25) is 0 Å². The van der Waals surface area contributed by atoms with Crippen molar-refractivity contribution in [3.8, 4) is 0 Å². The minimum absolute atomic E-state index is 0.0363. The summed E-state index contributed by atoms with van der Waals surface area (Å²) in [6, 6.07) is 5.02. The highest BCUT2D eigenvalue weighted by molar-refractivity contribution is 7.18. The molecule has 150 valence electrons. The quantitative estimate of drug-likeness (QED) is 0.429. The van der Waals surface area contributed by atoms with Gasteiger partial charge in [-0.3, -0.25) is 14.9 Å². The summed E-state index contributed by atoms with van der Waals surface area (Å²) in [6.45, 7) is 3.82. The highest BCUT2D eigenvalue weighted by Gasteiger charge is 2.21. The van der Waals surface area contributed by atoms with Crippen LogP contribution in [0.4, 0.5) is 5.69 Å². The monoisotopic (exact) mass is 429 g/mol. The van der Waals surface area contributed by atoms with Crippen LogP contribution in [-0.2, 0) is 12.8 Å². The number of benzene rings is 1. The van der Waals surface area contributed by atoms with E-state index in [2.05, 4.69) is 9.97 Å². The van der Waals surface area contributed by atoms with Crippen molar-refractivity contribution in [2.24, 2.45) is 0 Å². The van der Waals surface area contributed by atoms with E-state index in [4.69, 9.17) is 11.6 Å². The number of aryl methyl sites for hydroxylation is 2. The summed E-state index contributed by atoms with van der Waals surface area (Å²) < 4.78 is 0. The van der Waals surface area contributed by atoms with Crippen LogP contribution in [0.3, 0.4) is 0 Å². The number of nitro benzene ring substituents is 1. The van der Waals surface area contributed by atoms with Crippen molar-refractivity contribution in [1.82, 2.24) is 9.97 Å². The fourth-order valence-corrected chi connectivity index (χ4v) is 5.27. The normalized spacial score (nSPS) is 14.4. The van der Waals surface area contributed by atoms with Crippen molar-refractivity contribution < 1.29 is 4.92 Å². The molecule has 6 nitrogen and oxygen atoms in total. The van der Waals surface area contributed by atoms with E-state index in [-0.39, 0.29) is 32.9 Å². The number of hydrogen-bond acceptors (Lipinski definition) is 5. The Morgan fingerprint density at radius 1 is 1.34 bits per heavy atom. The number of aromatic amines is 1. The molecule has 0 atom stereocenters. The molecule has 1 aliphatic carbocycles. The minimum Gasteiger partial charge on any atom is -0.305 e. The summed E-state index contributed by atoms with van der Waals surface area (Å²) in [5, 5.41) is 12.3. The van der Waals surface area contributed by atoms with E-state index >= 15 is 0 Å². The Morgan fingerprint density at radius 3 is 2.83 bits per heavy atom. The number of aromatic nitrogens is 2. The van der Waals surface area contributed by atoms with Gasteiger partial charge < -0.3 is 4.98 Å². The molecule has 0 radical (unpaired) electrons. The Balaban J connectivity index is 1.76. The van der Waals surface area contributed by atoms with Crippen molar-refractivity contribution in [1.29, 1.82) is 0 Å². The molecule has 2 heterocycles. The predicted octanol–water partition coefficient (Wildman–Crippen LogP) is 5.63. The number of H-pyrrole nitrogens is 1. The van der Waals surface area contributed by atoms with Gasteiger partial charge in [0.15, 0.2) is 5.82 Å². The average Bonchev–Trinajstić information content (AvgIpc) is 3.06. The maximum Gasteiger partial charge on any atom is 0.273 e. The van der Waals surface area contributed by atoms with E-state index < -0.39 is 0 Å². The Bertz CT molecular complexity index is 1210. The van der Waals surface area contributed by atoms with E-state index in [1.54, 1.807) is 29.5 Å². The predicted molar refractivity (Wildman–Crippen MR) is 118 cm³/mol. The number of hydrogen-bond donors (Lipinski definition) is 1. The SMILES string of the molecule is CC(C)c1ccc(/C=C(\Cl)c2nc3sc4c(c3c(=O)[nH]2)CCCC4)cc1[N+](=O)[O-]. The van der Waals surface area contributed by atoms with Gasteiger partial charge in [-0.2, -0.15) is 0 Å². The Morgan fingerprint density at radius 2 is 2.10 bits per heavy atom. The van der Waals surface area contributed by atoms with Gasteiger partial charge in [-0.15, -0.1) is 11.3 Å². The van der Waals surface area contributed by atoms with Crippen LogP contribution in [0.2, 0.25) is 0 Å². The van der Waals surface area contributed by atoms with E-state index in [0.717, 1.165) is 31.2 Å². The van der Waals surface area contributed by atoms with E-state index in [0.29, 0.717) is 21.3 Å². The van der Waals surface area contributed by atoms with Crippen molar-refractivity contribution in [2.75, 3.05) is 0 Å². The van der Waals surface area contributed by atoms with Gasteiger partial charge in [-0.25, -0.2) is 4.98 Å². The zero-order valence-electron chi connectivity index (χ0n) is 16.1. The van der Waals surface area contributed by atoms with E-state index in [1.165, 1.54) is 10.9 Å². The van der Waals surface area contributed by atoms with Crippen molar-refractivity contribution >= 4 is 50.0 Å². The maximum atomic E-state index is 12.7. The van der Waals surface area contributed by atoms with Crippen LogP contribution in [-0.4, -0.2) is 14.9 Å². The lowest BCUT2D eigenvalue weighted by Crippen LogP contribution is -2.12. The first kappa shape index (κ1) is 19.8. The minimum atomic E-state index is -0.386. The largest absolute Gasteiger partial charge is 0.305 e. The average molecular weight is 430 g/mol. The molecule has 2 aromatic heterocycles. The lowest BCUT2D eigenvalue weighted by atomic mass is 9.97. The highest BCUT2D eigenvalue weighted by Crippen LogP contribution is 2.34. The maximum absolute atomic E-state index is 12.7. The molecule has 0 saturated carbocycles. The first-order valence-corrected chi connectivity index (χ1v) is 10.7. The molecule has 0 spiro atoms. The lowest BCUT2D eigenvalue weighted by molar-refractivity contribution is -0.385. The summed E-state index contributed by atoms with van der Waals surface area (Å²) in [5.41, 5.74) is 2.24. The molecule has 8 heteroatoms. The molecule has 0 saturated heterocycles. The fraction of sp³-hybridized carbons (Fsp3) is 0.333. The zero-order chi connectivity index (χ0) is 20.7. The molecule has 1 aromatic carbocycles. The number of halogens is 1. The van der Waals surface area contributed by atoms with Crippen LogP contribution in [0.25, 0.3) is 21.3 Å². The van der Waals surface area contributed by atoms with Crippen LogP contribution >= 0.6 is 22.9 Å². The molecule has 0 aliphatic heterocycles. The molecular weight excluding hydrogens is 410 g/mol. The molecule has 0 bridgehead atoms. The highest BCUT2D eigenvalue weighted by atomic mass is 35.5. The Hall–Kier alpha value is -2.51. The Labute approximate surface area is 176 Å². The summed E-state index contributed by atoms with van der Waals surface area (Å²) in [6.07, 6.45) is 5.72. The number of rotatable bonds is 4. The van der Waals surface area contributed by atoms with Gasteiger partial charge in [-0.1, -0.05) is 37.6 Å². The van der Waals surface area contributed by atoms with Crippen molar-refractivity contribution in [2.45, 2.75) is 45.4 Å². The van der Waals surface area contributed by atoms with Gasteiger partial charge >= 0.3 is 0 Å². The molecule has 0 amide bonds. The van der Waals surface area contributed by atoms with Gasteiger partial charge in [0.1, 0.15) is 4.83 Å².